The van der Waals surface area contributed by atoms with Crippen LogP contribution in [0.25, 0.3) is 38.6 Å². The third kappa shape index (κ3) is 3.00. The minimum absolute atomic E-state index is 0.00712. The SMILES string of the molecule is c1ccc2c(c1)Oc1cc(-n3c4ccccc4c4ccccc43)cc3c1B2c1cc(-c2ccncc2)ccc1O3. The fraction of sp³-hybridized carbons (Fsp3) is 0. The lowest BCUT2D eigenvalue weighted by atomic mass is 9.34. The van der Waals surface area contributed by atoms with E-state index in [0.717, 1.165) is 67.2 Å². The summed E-state index contributed by atoms with van der Waals surface area (Å²) in [5.74, 6) is 3.42. The van der Waals surface area contributed by atoms with Crippen LogP contribution in [0, 0.1) is 0 Å². The Morgan fingerprint density at radius 3 is 1.88 bits per heavy atom. The van der Waals surface area contributed by atoms with Gasteiger partial charge in [-0.25, -0.2) is 0 Å². The van der Waals surface area contributed by atoms with Crippen molar-refractivity contribution in [1.82, 2.24) is 9.55 Å². The van der Waals surface area contributed by atoms with E-state index in [0.29, 0.717) is 0 Å². The van der Waals surface area contributed by atoms with E-state index in [1.165, 1.54) is 10.8 Å². The molecule has 0 unspecified atom stereocenters. The maximum atomic E-state index is 6.69. The first-order valence-electron chi connectivity index (χ1n) is 13.5. The molecule has 0 aliphatic carbocycles. The molecular weight excluding hydrogens is 491 g/mol. The van der Waals surface area contributed by atoms with Crippen molar-refractivity contribution >= 4 is 44.9 Å². The zero-order valence-corrected chi connectivity index (χ0v) is 21.4. The number of fused-ring (bicyclic) bond motifs is 7. The molecule has 4 heterocycles. The number of ether oxygens (including phenoxy) is 2. The summed E-state index contributed by atoms with van der Waals surface area (Å²) in [6, 6.07) is 40.4. The average molecular weight is 512 g/mol. The minimum atomic E-state index is 0.00712. The van der Waals surface area contributed by atoms with Crippen molar-refractivity contribution < 1.29 is 9.47 Å². The van der Waals surface area contributed by atoms with Crippen molar-refractivity contribution in [2.45, 2.75) is 0 Å². The molecule has 40 heavy (non-hydrogen) atoms. The Kier molecular flexibility index (Phi) is 4.38. The topological polar surface area (TPSA) is 36.3 Å². The van der Waals surface area contributed by atoms with E-state index in [-0.39, 0.29) is 6.71 Å². The summed E-state index contributed by atoms with van der Waals surface area (Å²) < 4.78 is 15.6. The zero-order valence-electron chi connectivity index (χ0n) is 21.4. The molecule has 5 aromatic carbocycles. The van der Waals surface area contributed by atoms with Crippen LogP contribution in [0.15, 0.2) is 128 Å². The Morgan fingerprint density at radius 2 is 1.15 bits per heavy atom. The van der Waals surface area contributed by atoms with Crippen LogP contribution >= 0.6 is 0 Å². The number of para-hydroxylation sites is 3. The van der Waals surface area contributed by atoms with Crippen molar-refractivity contribution in [1.29, 1.82) is 0 Å². The Balaban J connectivity index is 1.30. The van der Waals surface area contributed by atoms with Gasteiger partial charge in [-0.15, -0.1) is 0 Å². The first-order valence-corrected chi connectivity index (χ1v) is 13.5. The monoisotopic (exact) mass is 512 g/mol. The van der Waals surface area contributed by atoms with E-state index in [9.17, 15) is 0 Å². The number of nitrogens with zero attached hydrogens (tertiary/aromatic N) is 2. The van der Waals surface area contributed by atoms with E-state index >= 15 is 0 Å². The molecule has 5 heteroatoms. The lowest BCUT2D eigenvalue weighted by Crippen LogP contribution is -2.57. The van der Waals surface area contributed by atoms with Gasteiger partial charge in [-0.05, 0) is 58.5 Å². The molecular formula is C35H21BN2O2. The van der Waals surface area contributed by atoms with Gasteiger partial charge in [-0.3, -0.25) is 4.98 Å². The predicted molar refractivity (Wildman–Crippen MR) is 162 cm³/mol. The summed E-state index contributed by atoms with van der Waals surface area (Å²) >= 11 is 0. The highest BCUT2D eigenvalue weighted by molar-refractivity contribution is 6.98. The number of aromatic nitrogens is 2. The highest BCUT2D eigenvalue weighted by atomic mass is 16.5. The van der Waals surface area contributed by atoms with Gasteiger partial charge in [0.25, 0.3) is 6.71 Å². The van der Waals surface area contributed by atoms with Crippen LogP contribution in [0.3, 0.4) is 0 Å². The quantitative estimate of drug-likeness (QED) is 0.246. The number of hydrogen-bond acceptors (Lipinski definition) is 3. The Morgan fingerprint density at radius 1 is 0.525 bits per heavy atom. The fourth-order valence-electron chi connectivity index (χ4n) is 6.49. The van der Waals surface area contributed by atoms with Crippen molar-refractivity contribution in [3.8, 4) is 39.8 Å². The van der Waals surface area contributed by atoms with Gasteiger partial charge < -0.3 is 14.0 Å². The van der Waals surface area contributed by atoms with Crippen LogP contribution in [0.5, 0.6) is 23.0 Å². The second kappa shape index (κ2) is 8.11. The highest BCUT2D eigenvalue weighted by Gasteiger charge is 2.40. The molecule has 0 N–H and O–H groups in total. The predicted octanol–water partition coefficient (Wildman–Crippen LogP) is 6.57. The summed E-state index contributed by atoms with van der Waals surface area (Å²) in [5, 5.41) is 2.45. The smallest absolute Gasteiger partial charge is 0.260 e. The Hall–Kier alpha value is -5.29. The maximum Gasteiger partial charge on any atom is 0.260 e. The molecule has 0 radical (unpaired) electrons. The molecule has 0 saturated heterocycles. The molecule has 186 valence electrons. The van der Waals surface area contributed by atoms with Gasteiger partial charge in [-0.2, -0.15) is 0 Å². The number of rotatable bonds is 2. The number of hydrogen-bond donors (Lipinski definition) is 0. The largest absolute Gasteiger partial charge is 0.458 e. The van der Waals surface area contributed by atoms with Gasteiger partial charge >= 0.3 is 0 Å². The standard InChI is InChI=1S/C35H21BN2O2/c1-4-10-29-25(7-1)26-8-2-5-11-30(26)38(29)24-20-33-35-34(21-24)40-32-14-13-23(22-15-17-37-18-16-22)19-28(32)36(35)27-9-3-6-12-31(27)39-33/h1-21H. The van der Waals surface area contributed by atoms with Crippen molar-refractivity contribution in [3.05, 3.63) is 128 Å². The van der Waals surface area contributed by atoms with Gasteiger partial charge in [0.15, 0.2) is 0 Å². The number of pyridine rings is 1. The molecule has 9 rings (SSSR count). The van der Waals surface area contributed by atoms with E-state index in [2.05, 4.69) is 107 Å². The van der Waals surface area contributed by atoms with Gasteiger partial charge in [0.05, 0.1) is 16.7 Å². The third-order valence-corrected chi connectivity index (χ3v) is 8.22. The summed E-state index contributed by atoms with van der Waals surface area (Å²) in [4.78, 5) is 4.19. The Bertz CT molecular complexity index is 2060. The molecule has 0 bridgehead atoms. The van der Waals surface area contributed by atoms with Crippen LogP contribution in [0.4, 0.5) is 0 Å². The van der Waals surface area contributed by atoms with Crippen LogP contribution in [-0.2, 0) is 0 Å². The first kappa shape index (κ1) is 21.6. The molecule has 4 nitrogen and oxygen atoms in total. The summed E-state index contributed by atoms with van der Waals surface area (Å²) in [7, 11) is 0. The molecule has 0 spiro atoms. The van der Waals surface area contributed by atoms with Gasteiger partial charge in [0.1, 0.15) is 23.0 Å². The summed E-state index contributed by atoms with van der Waals surface area (Å²) in [6.45, 7) is 0.00712. The molecule has 2 aliphatic rings. The van der Waals surface area contributed by atoms with E-state index < -0.39 is 0 Å². The molecule has 0 atom stereocenters. The zero-order chi connectivity index (χ0) is 26.2. The lowest BCUT2D eigenvalue weighted by molar-refractivity contribution is 0.464. The fourth-order valence-corrected chi connectivity index (χ4v) is 6.49. The van der Waals surface area contributed by atoms with E-state index in [4.69, 9.17) is 9.47 Å². The van der Waals surface area contributed by atoms with Crippen molar-refractivity contribution in [2.75, 3.05) is 0 Å². The van der Waals surface area contributed by atoms with Crippen LogP contribution in [0.1, 0.15) is 0 Å². The van der Waals surface area contributed by atoms with Gasteiger partial charge in [0.2, 0.25) is 0 Å². The van der Waals surface area contributed by atoms with Crippen LogP contribution in [-0.4, -0.2) is 16.3 Å². The van der Waals surface area contributed by atoms with Gasteiger partial charge in [0, 0.05) is 40.8 Å². The maximum absolute atomic E-state index is 6.69. The molecule has 7 aromatic rings. The number of benzene rings is 5. The van der Waals surface area contributed by atoms with E-state index in [1.54, 1.807) is 0 Å². The normalized spacial score (nSPS) is 12.8. The highest BCUT2D eigenvalue weighted by Crippen LogP contribution is 2.39. The molecule has 0 fully saturated rings. The average Bonchev–Trinajstić information content (AvgIpc) is 3.35. The molecule has 0 saturated carbocycles. The third-order valence-electron chi connectivity index (χ3n) is 8.22. The lowest BCUT2D eigenvalue weighted by Gasteiger charge is -2.33. The molecule has 2 aromatic heterocycles. The summed E-state index contributed by atoms with van der Waals surface area (Å²) in [6.07, 6.45) is 3.66. The minimum Gasteiger partial charge on any atom is -0.458 e. The van der Waals surface area contributed by atoms with Crippen LogP contribution in [0.2, 0.25) is 0 Å². The van der Waals surface area contributed by atoms with Crippen molar-refractivity contribution in [3.63, 3.8) is 0 Å². The van der Waals surface area contributed by atoms with Gasteiger partial charge in [-0.1, -0.05) is 66.7 Å². The summed E-state index contributed by atoms with van der Waals surface area (Å²) in [5.41, 5.74) is 8.96. The molecule has 0 amide bonds. The van der Waals surface area contributed by atoms with Crippen LogP contribution < -0.4 is 25.9 Å². The van der Waals surface area contributed by atoms with E-state index in [1.807, 2.05) is 30.6 Å². The second-order valence-corrected chi connectivity index (χ2v) is 10.4. The first-order chi connectivity index (χ1) is 19.8. The molecule has 2 aliphatic heterocycles. The van der Waals surface area contributed by atoms with Crippen molar-refractivity contribution in [2.24, 2.45) is 0 Å². The Labute approximate surface area is 231 Å². The second-order valence-electron chi connectivity index (χ2n) is 10.4.